The van der Waals surface area contributed by atoms with Gasteiger partial charge in [-0.05, 0) is 19.1 Å². The van der Waals surface area contributed by atoms with Crippen LogP contribution in [0, 0.1) is 0 Å². The predicted molar refractivity (Wildman–Crippen MR) is 74.1 cm³/mol. The Bertz CT molecular complexity index is 571. The fraction of sp³-hybridized carbons (Fsp3) is 0.250. The van der Waals surface area contributed by atoms with Gasteiger partial charge in [0.1, 0.15) is 5.01 Å². The maximum absolute atomic E-state index is 11.4. The van der Waals surface area contributed by atoms with Gasteiger partial charge in [-0.15, -0.1) is 11.3 Å². The Morgan fingerprint density at radius 1 is 1.53 bits per heavy atom. The molecule has 0 spiro atoms. The molecular weight excluding hydrogens is 264 g/mol. The Hall–Kier alpha value is -2.15. The molecule has 19 heavy (non-hydrogen) atoms. The van der Waals surface area contributed by atoms with Crippen LogP contribution in [-0.2, 0) is 4.74 Å². The molecule has 0 bridgehead atoms. The molecule has 0 amide bonds. The van der Waals surface area contributed by atoms with Crippen molar-refractivity contribution in [2.24, 2.45) is 0 Å². The number of hydrogen-bond donors (Lipinski definition) is 2. The van der Waals surface area contributed by atoms with E-state index >= 15 is 0 Å². The van der Waals surface area contributed by atoms with Gasteiger partial charge >= 0.3 is 5.97 Å². The number of pyridine rings is 1. The summed E-state index contributed by atoms with van der Waals surface area (Å²) in [5.74, 6) is -0.0458. The van der Waals surface area contributed by atoms with Crippen LogP contribution in [0.4, 0.5) is 11.5 Å². The minimum absolute atomic E-state index is 0.0392. The van der Waals surface area contributed by atoms with Gasteiger partial charge in [0.25, 0.3) is 0 Å². The largest absolute Gasteiger partial charge is 0.464 e. The number of nitrogen functional groups attached to an aromatic ring is 1. The number of thiazole rings is 1. The Balaban J connectivity index is 2.22. The quantitative estimate of drug-likeness (QED) is 0.832. The molecule has 6 nitrogen and oxygen atoms in total. The van der Waals surface area contributed by atoms with Gasteiger partial charge in [0, 0.05) is 11.6 Å². The van der Waals surface area contributed by atoms with Gasteiger partial charge in [-0.1, -0.05) is 0 Å². The summed E-state index contributed by atoms with van der Waals surface area (Å²) in [6.07, 6.45) is 1.74. The smallest absolute Gasteiger partial charge is 0.356 e. The molecule has 0 aliphatic rings. The number of nitrogens with one attached hydrogen (secondary N) is 1. The normalized spacial score (nSPS) is 11.9. The van der Waals surface area contributed by atoms with Gasteiger partial charge in [-0.3, -0.25) is 0 Å². The second-order valence-corrected chi connectivity index (χ2v) is 4.79. The van der Waals surface area contributed by atoms with E-state index < -0.39 is 5.97 Å². The van der Waals surface area contributed by atoms with E-state index in [1.807, 2.05) is 12.3 Å². The van der Waals surface area contributed by atoms with E-state index in [1.165, 1.54) is 24.5 Å². The number of carbonyl (C=O) groups is 1. The Morgan fingerprint density at radius 3 is 2.95 bits per heavy atom. The van der Waals surface area contributed by atoms with Crippen LogP contribution >= 0.6 is 11.3 Å². The molecule has 0 aliphatic carbocycles. The number of hydrogen-bond acceptors (Lipinski definition) is 7. The maximum Gasteiger partial charge on any atom is 0.356 e. The van der Waals surface area contributed by atoms with Gasteiger partial charge in [-0.2, -0.15) is 0 Å². The number of nitrogens with zero attached hydrogens (tertiary/aromatic N) is 2. The lowest BCUT2D eigenvalue weighted by atomic mass is 10.3. The molecule has 1 unspecified atom stereocenters. The van der Waals surface area contributed by atoms with E-state index in [0.717, 1.165) is 5.01 Å². The van der Waals surface area contributed by atoms with Crippen molar-refractivity contribution in [3.63, 3.8) is 0 Å². The highest BCUT2D eigenvalue weighted by Crippen LogP contribution is 2.23. The first kappa shape index (κ1) is 13.3. The van der Waals surface area contributed by atoms with Crippen LogP contribution in [0.1, 0.15) is 28.5 Å². The number of methoxy groups -OCH3 is 1. The zero-order chi connectivity index (χ0) is 13.8. The first-order valence-corrected chi connectivity index (χ1v) is 6.50. The summed E-state index contributed by atoms with van der Waals surface area (Å²) < 4.78 is 4.63. The van der Waals surface area contributed by atoms with Crippen LogP contribution in [-0.4, -0.2) is 23.0 Å². The average Bonchev–Trinajstić information content (AvgIpc) is 2.94. The first-order valence-electron chi connectivity index (χ1n) is 5.62. The lowest BCUT2D eigenvalue weighted by molar-refractivity contribution is 0.0594. The summed E-state index contributed by atoms with van der Waals surface area (Å²) >= 11 is 1.54. The van der Waals surface area contributed by atoms with Crippen molar-refractivity contribution < 1.29 is 9.53 Å². The number of carbonyl (C=O) groups excluding carboxylic acids is 1. The summed E-state index contributed by atoms with van der Waals surface area (Å²) in [6.45, 7) is 1.95. The molecule has 3 N–H and O–H groups in total. The highest BCUT2D eigenvalue weighted by Gasteiger charge is 2.14. The zero-order valence-electron chi connectivity index (χ0n) is 10.6. The monoisotopic (exact) mass is 278 g/mol. The Morgan fingerprint density at radius 2 is 2.32 bits per heavy atom. The van der Waals surface area contributed by atoms with Crippen LogP contribution in [0.25, 0.3) is 0 Å². The molecule has 0 saturated heterocycles. The van der Waals surface area contributed by atoms with Gasteiger partial charge in [0.2, 0.25) is 0 Å². The number of rotatable bonds is 4. The van der Waals surface area contributed by atoms with Crippen LogP contribution in [0.15, 0.2) is 23.7 Å². The SMILES string of the molecule is COC(=O)c1ccc(N)c(NC(C)c2nccs2)n1. The topological polar surface area (TPSA) is 90.1 Å². The number of esters is 1. The van der Waals surface area contributed by atoms with E-state index in [-0.39, 0.29) is 11.7 Å². The van der Waals surface area contributed by atoms with Gasteiger partial charge in [0.05, 0.1) is 18.8 Å². The second kappa shape index (κ2) is 5.66. The fourth-order valence-corrected chi connectivity index (χ4v) is 2.16. The molecule has 0 saturated carbocycles. The van der Waals surface area contributed by atoms with Crippen molar-refractivity contribution in [3.05, 3.63) is 34.4 Å². The zero-order valence-corrected chi connectivity index (χ0v) is 11.4. The molecule has 1 atom stereocenters. The predicted octanol–water partition coefficient (Wildman–Crippen LogP) is 2.08. The average molecular weight is 278 g/mol. The van der Waals surface area contributed by atoms with E-state index in [2.05, 4.69) is 20.0 Å². The van der Waals surface area contributed by atoms with Crippen molar-refractivity contribution in [2.45, 2.75) is 13.0 Å². The van der Waals surface area contributed by atoms with E-state index in [9.17, 15) is 4.79 Å². The minimum atomic E-state index is -0.495. The molecule has 0 radical (unpaired) electrons. The summed E-state index contributed by atoms with van der Waals surface area (Å²) in [7, 11) is 1.31. The molecule has 2 aromatic heterocycles. The molecule has 100 valence electrons. The van der Waals surface area contributed by atoms with Crippen molar-refractivity contribution in [1.82, 2.24) is 9.97 Å². The molecule has 0 fully saturated rings. The lowest BCUT2D eigenvalue weighted by Gasteiger charge is -2.14. The standard InChI is InChI=1S/C12H14N4O2S/c1-7(11-14-5-6-19-11)15-10-8(13)3-4-9(16-10)12(17)18-2/h3-7H,13H2,1-2H3,(H,15,16). The molecule has 2 aromatic rings. The highest BCUT2D eigenvalue weighted by atomic mass is 32.1. The van der Waals surface area contributed by atoms with Gasteiger partial charge in [0.15, 0.2) is 11.5 Å². The van der Waals surface area contributed by atoms with Gasteiger partial charge in [-0.25, -0.2) is 14.8 Å². The van der Waals surface area contributed by atoms with Crippen LogP contribution in [0.3, 0.4) is 0 Å². The third kappa shape index (κ3) is 3.00. The third-order valence-electron chi connectivity index (χ3n) is 2.50. The number of ether oxygens (including phenoxy) is 1. The van der Waals surface area contributed by atoms with Crippen molar-refractivity contribution in [1.29, 1.82) is 0 Å². The Labute approximate surface area is 114 Å². The van der Waals surface area contributed by atoms with E-state index in [0.29, 0.717) is 11.5 Å². The van der Waals surface area contributed by atoms with E-state index in [1.54, 1.807) is 12.3 Å². The highest BCUT2D eigenvalue weighted by molar-refractivity contribution is 7.09. The second-order valence-electron chi connectivity index (χ2n) is 3.86. The summed E-state index contributed by atoms with van der Waals surface area (Å²) in [5.41, 5.74) is 6.52. The molecule has 2 rings (SSSR count). The van der Waals surface area contributed by atoms with Crippen molar-refractivity contribution in [2.75, 3.05) is 18.2 Å². The minimum Gasteiger partial charge on any atom is -0.464 e. The number of aromatic nitrogens is 2. The van der Waals surface area contributed by atoms with Crippen LogP contribution in [0.2, 0.25) is 0 Å². The van der Waals surface area contributed by atoms with Crippen molar-refractivity contribution >= 4 is 28.8 Å². The summed E-state index contributed by atoms with van der Waals surface area (Å²) in [5, 5.41) is 5.95. The van der Waals surface area contributed by atoms with Gasteiger partial charge < -0.3 is 15.8 Å². The molecule has 0 aromatic carbocycles. The van der Waals surface area contributed by atoms with Crippen LogP contribution < -0.4 is 11.1 Å². The third-order valence-corrected chi connectivity index (χ3v) is 3.45. The summed E-state index contributed by atoms with van der Waals surface area (Å²) in [6, 6.07) is 3.11. The van der Waals surface area contributed by atoms with Crippen LogP contribution in [0.5, 0.6) is 0 Å². The fourth-order valence-electron chi connectivity index (χ4n) is 1.52. The number of nitrogens with two attached hydrogens (primary N) is 1. The number of anilines is 2. The van der Waals surface area contributed by atoms with E-state index in [4.69, 9.17) is 5.73 Å². The first-order chi connectivity index (χ1) is 9.11. The molecule has 0 aliphatic heterocycles. The Kier molecular flexibility index (Phi) is 3.96. The van der Waals surface area contributed by atoms with Crippen molar-refractivity contribution in [3.8, 4) is 0 Å². The molecule has 2 heterocycles. The molecule has 7 heteroatoms. The molecular formula is C12H14N4O2S. The maximum atomic E-state index is 11.4. The lowest BCUT2D eigenvalue weighted by Crippen LogP contribution is -2.12. The summed E-state index contributed by atoms with van der Waals surface area (Å²) in [4.78, 5) is 19.8.